The molecule has 0 bridgehead atoms. The second kappa shape index (κ2) is 56.9. The first kappa shape index (κ1) is 65.3. The Balaban J connectivity index is 4.26. The molecule has 394 valence electrons. The Morgan fingerprint density at radius 1 is 0.304 bits per heavy atom. The predicted molar refractivity (Wildman–Crippen MR) is 297 cm³/mol. The number of allylic oxidation sites excluding steroid dienone is 16. The summed E-state index contributed by atoms with van der Waals surface area (Å²) in [6, 6.07) is 0. The van der Waals surface area contributed by atoms with E-state index in [1.165, 1.54) is 135 Å². The lowest BCUT2D eigenvalue weighted by Crippen LogP contribution is -2.30. The average molecular weight is 960 g/mol. The molecule has 0 spiro atoms. The number of hydrogen-bond acceptors (Lipinski definition) is 6. The van der Waals surface area contributed by atoms with E-state index in [0.29, 0.717) is 19.3 Å². The number of esters is 3. The maximum Gasteiger partial charge on any atom is 0.306 e. The number of carbonyl (C=O) groups is 3. The van der Waals surface area contributed by atoms with Crippen LogP contribution in [0.15, 0.2) is 97.2 Å². The predicted octanol–water partition coefficient (Wildman–Crippen LogP) is 19.3. The topological polar surface area (TPSA) is 78.9 Å². The molecule has 0 aromatic carbocycles. The van der Waals surface area contributed by atoms with Gasteiger partial charge >= 0.3 is 17.9 Å². The summed E-state index contributed by atoms with van der Waals surface area (Å²) in [7, 11) is 0. The van der Waals surface area contributed by atoms with E-state index in [-0.39, 0.29) is 31.6 Å². The molecule has 1 atom stereocenters. The molecular weight excluding hydrogens is 853 g/mol. The van der Waals surface area contributed by atoms with Crippen molar-refractivity contribution in [1.29, 1.82) is 0 Å². The molecule has 0 fully saturated rings. The van der Waals surface area contributed by atoms with E-state index in [9.17, 15) is 14.4 Å². The van der Waals surface area contributed by atoms with Crippen LogP contribution in [0.3, 0.4) is 0 Å². The Hall–Kier alpha value is -3.67. The van der Waals surface area contributed by atoms with Crippen LogP contribution in [-0.4, -0.2) is 37.2 Å². The molecule has 0 heterocycles. The van der Waals surface area contributed by atoms with Crippen LogP contribution in [0.5, 0.6) is 0 Å². The summed E-state index contributed by atoms with van der Waals surface area (Å²) in [6.07, 6.45) is 75.8. The molecule has 0 rings (SSSR count). The third-order valence-corrected chi connectivity index (χ3v) is 12.1. The van der Waals surface area contributed by atoms with E-state index in [2.05, 4.69) is 106 Å². The smallest absolute Gasteiger partial charge is 0.306 e. The molecule has 0 saturated heterocycles. The minimum atomic E-state index is -0.816. The Kier molecular flexibility index (Phi) is 53.9. The van der Waals surface area contributed by atoms with Crippen LogP contribution in [0.2, 0.25) is 0 Å². The first-order valence-corrected chi connectivity index (χ1v) is 28.7. The summed E-state index contributed by atoms with van der Waals surface area (Å²) in [5.74, 6) is -0.998. The molecule has 6 nitrogen and oxygen atoms in total. The maximum atomic E-state index is 12.8. The third kappa shape index (κ3) is 55.1. The van der Waals surface area contributed by atoms with Gasteiger partial charge in [0.15, 0.2) is 6.10 Å². The van der Waals surface area contributed by atoms with Crippen LogP contribution in [0, 0.1) is 0 Å². The Morgan fingerprint density at radius 2 is 0.594 bits per heavy atom. The number of carbonyl (C=O) groups excluding carboxylic acids is 3. The van der Waals surface area contributed by atoms with Crippen LogP contribution in [-0.2, 0) is 28.6 Å². The van der Waals surface area contributed by atoms with Gasteiger partial charge in [0.05, 0.1) is 0 Å². The van der Waals surface area contributed by atoms with Gasteiger partial charge in [0.2, 0.25) is 0 Å². The highest BCUT2D eigenvalue weighted by Crippen LogP contribution is 2.15. The standard InChI is InChI=1S/C63H106O6/c1-4-7-10-13-16-18-20-22-24-26-28-29-30-31-32-33-35-36-38-40-42-44-47-50-53-56-62(65)68-59-60(58-67-61(64)55-52-49-46-15-12-9-6-3)69-63(66)57-54-51-48-45-43-41-39-37-34-27-25-23-21-19-17-14-11-8-5-2/h8,11,17,19-20,22-23,25-26,28,34,37,41,43,48,51,60H,4-7,9-10,12-16,18,21,24,27,29-33,35-36,38-40,42,44-47,49-50,52-59H2,1-3H3/b11-8-,19-17-,22-20-,25-23-,28-26-,37-34-,43-41-,51-48-. The second-order valence-electron chi connectivity index (χ2n) is 18.8. The lowest BCUT2D eigenvalue weighted by Gasteiger charge is -2.18. The molecule has 0 amide bonds. The molecule has 0 aliphatic carbocycles. The van der Waals surface area contributed by atoms with Crippen LogP contribution in [0.4, 0.5) is 0 Å². The van der Waals surface area contributed by atoms with E-state index in [1.54, 1.807) is 0 Å². The van der Waals surface area contributed by atoms with E-state index in [4.69, 9.17) is 14.2 Å². The molecule has 0 aliphatic heterocycles. The summed E-state index contributed by atoms with van der Waals surface area (Å²) in [5, 5.41) is 0. The fourth-order valence-corrected chi connectivity index (χ4v) is 7.79. The molecule has 0 N–H and O–H groups in total. The molecule has 1 unspecified atom stereocenters. The van der Waals surface area contributed by atoms with Crippen LogP contribution < -0.4 is 0 Å². The molecule has 0 aromatic rings. The third-order valence-electron chi connectivity index (χ3n) is 12.1. The Bertz CT molecular complexity index is 1380. The molecule has 69 heavy (non-hydrogen) atoms. The lowest BCUT2D eigenvalue weighted by atomic mass is 10.0. The van der Waals surface area contributed by atoms with E-state index >= 15 is 0 Å². The lowest BCUT2D eigenvalue weighted by molar-refractivity contribution is -0.166. The zero-order valence-electron chi connectivity index (χ0n) is 45.0. The van der Waals surface area contributed by atoms with Crippen molar-refractivity contribution in [3.63, 3.8) is 0 Å². The number of unbranched alkanes of at least 4 members (excludes halogenated alkanes) is 24. The minimum absolute atomic E-state index is 0.107. The van der Waals surface area contributed by atoms with Gasteiger partial charge in [0.25, 0.3) is 0 Å². The van der Waals surface area contributed by atoms with Gasteiger partial charge < -0.3 is 14.2 Å². The largest absolute Gasteiger partial charge is 0.462 e. The van der Waals surface area contributed by atoms with Gasteiger partial charge in [-0.1, -0.05) is 253 Å². The van der Waals surface area contributed by atoms with Crippen molar-refractivity contribution in [3.8, 4) is 0 Å². The number of hydrogen-bond donors (Lipinski definition) is 0. The van der Waals surface area contributed by atoms with Crippen LogP contribution in [0.1, 0.15) is 265 Å². The SMILES string of the molecule is CC/C=C\C/C=C\C/C=C\C/C=C\C/C=C\C/C=C\CCC(=O)OC(COC(=O)CCCCCCCCC)COC(=O)CCCCCCCCCCCCCCC/C=C\C/C=C\CCCCCCC. The maximum absolute atomic E-state index is 12.8. The van der Waals surface area contributed by atoms with Gasteiger partial charge in [-0.3, -0.25) is 14.4 Å². The summed E-state index contributed by atoms with van der Waals surface area (Å²) >= 11 is 0. The van der Waals surface area contributed by atoms with Crippen molar-refractivity contribution >= 4 is 17.9 Å². The summed E-state index contributed by atoms with van der Waals surface area (Å²) in [6.45, 7) is 6.41. The van der Waals surface area contributed by atoms with Crippen molar-refractivity contribution in [1.82, 2.24) is 0 Å². The average Bonchev–Trinajstić information content (AvgIpc) is 3.35. The normalized spacial score (nSPS) is 12.8. The van der Waals surface area contributed by atoms with Gasteiger partial charge in [-0.05, 0) is 89.9 Å². The van der Waals surface area contributed by atoms with E-state index in [1.807, 2.05) is 12.2 Å². The van der Waals surface area contributed by atoms with Crippen LogP contribution in [0.25, 0.3) is 0 Å². The zero-order chi connectivity index (χ0) is 50.0. The summed E-state index contributed by atoms with van der Waals surface area (Å²) < 4.78 is 16.7. The fraction of sp³-hybridized carbons (Fsp3) is 0.698. The molecule has 0 aliphatic rings. The highest BCUT2D eigenvalue weighted by molar-refractivity contribution is 5.71. The molecule has 0 saturated carbocycles. The van der Waals surface area contributed by atoms with Crippen molar-refractivity contribution in [2.75, 3.05) is 13.2 Å². The van der Waals surface area contributed by atoms with Gasteiger partial charge in [0.1, 0.15) is 13.2 Å². The minimum Gasteiger partial charge on any atom is -0.462 e. The highest BCUT2D eigenvalue weighted by Gasteiger charge is 2.19. The van der Waals surface area contributed by atoms with Crippen molar-refractivity contribution < 1.29 is 28.6 Å². The Morgan fingerprint density at radius 3 is 0.942 bits per heavy atom. The first-order valence-electron chi connectivity index (χ1n) is 28.7. The highest BCUT2D eigenvalue weighted by atomic mass is 16.6. The van der Waals surface area contributed by atoms with Gasteiger partial charge in [-0.25, -0.2) is 0 Å². The first-order chi connectivity index (χ1) is 34.0. The number of rotatable bonds is 51. The quantitative estimate of drug-likeness (QED) is 0.0262. The van der Waals surface area contributed by atoms with Crippen molar-refractivity contribution in [3.05, 3.63) is 97.2 Å². The second-order valence-corrected chi connectivity index (χ2v) is 18.8. The summed E-state index contributed by atoms with van der Waals surface area (Å²) in [4.78, 5) is 37.9. The van der Waals surface area contributed by atoms with Crippen molar-refractivity contribution in [2.24, 2.45) is 0 Å². The van der Waals surface area contributed by atoms with E-state index < -0.39 is 12.1 Å². The van der Waals surface area contributed by atoms with Crippen LogP contribution >= 0.6 is 0 Å². The van der Waals surface area contributed by atoms with E-state index in [0.717, 1.165) is 83.5 Å². The number of ether oxygens (including phenoxy) is 3. The zero-order valence-corrected chi connectivity index (χ0v) is 45.0. The fourth-order valence-electron chi connectivity index (χ4n) is 7.79. The molecule has 6 heteroatoms. The van der Waals surface area contributed by atoms with Crippen molar-refractivity contribution in [2.45, 2.75) is 271 Å². The molecular formula is C63H106O6. The summed E-state index contributed by atoms with van der Waals surface area (Å²) in [5.41, 5.74) is 0. The van der Waals surface area contributed by atoms with Gasteiger partial charge in [-0.15, -0.1) is 0 Å². The molecule has 0 radical (unpaired) electrons. The monoisotopic (exact) mass is 959 g/mol. The Labute approximate surface area is 426 Å². The van der Waals surface area contributed by atoms with Gasteiger partial charge in [0, 0.05) is 19.3 Å². The van der Waals surface area contributed by atoms with Gasteiger partial charge in [-0.2, -0.15) is 0 Å². The molecule has 0 aromatic heterocycles.